The highest BCUT2D eigenvalue weighted by atomic mass is 16.6. The number of nitro benzene ring substituents is 3. The minimum Gasteiger partial charge on any atom is -0.329 e. The second-order valence-electron chi connectivity index (χ2n) is 4.47. The molecule has 2 aromatic rings. The van der Waals surface area contributed by atoms with Crippen LogP contribution in [0, 0.1) is 37.3 Å². The van der Waals surface area contributed by atoms with E-state index < -0.39 is 37.5 Å². The monoisotopic (exact) mass is 319 g/mol. The Labute approximate surface area is 128 Å². The number of hydrogen-bond acceptors (Lipinski definition) is 8. The van der Waals surface area contributed by atoms with E-state index in [-0.39, 0.29) is 5.82 Å². The van der Waals surface area contributed by atoms with Gasteiger partial charge in [0.15, 0.2) is 5.69 Å². The molecule has 1 aromatic heterocycles. The van der Waals surface area contributed by atoms with Gasteiger partial charge >= 0.3 is 11.4 Å². The number of hydrogen-bond donors (Lipinski definition) is 1. The van der Waals surface area contributed by atoms with Crippen LogP contribution in [-0.2, 0) is 0 Å². The summed E-state index contributed by atoms with van der Waals surface area (Å²) in [5.74, 6) is 0.144. The number of nitrogens with zero attached hydrogens (tertiary/aromatic N) is 4. The molecule has 0 radical (unpaired) electrons. The summed E-state index contributed by atoms with van der Waals surface area (Å²) < 4.78 is 0. The van der Waals surface area contributed by atoms with Crippen LogP contribution in [-0.4, -0.2) is 19.8 Å². The van der Waals surface area contributed by atoms with Crippen LogP contribution in [0.1, 0.15) is 5.56 Å². The summed E-state index contributed by atoms with van der Waals surface area (Å²) in [6.07, 6.45) is 1.42. The Morgan fingerprint density at radius 2 is 1.52 bits per heavy atom. The molecule has 0 aliphatic heterocycles. The van der Waals surface area contributed by atoms with Crippen LogP contribution in [0.3, 0.4) is 0 Å². The first-order valence-corrected chi connectivity index (χ1v) is 6.10. The number of aryl methyl sites for hydroxylation is 1. The van der Waals surface area contributed by atoms with Crippen LogP contribution < -0.4 is 5.32 Å². The molecule has 118 valence electrons. The molecule has 0 spiro atoms. The molecule has 0 bridgehead atoms. The smallest absolute Gasteiger partial charge is 0.306 e. The van der Waals surface area contributed by atoms with Gasteiger partial charge in [-0.1, -0.05) is 0 Å². The van der Waals surface area contributed by atoms with Crippen molar-refractivity contribution in [3.8, 4) is 0 Å². The van der Waals surface area contributed by atoms with Crippen LogP contribution >= 0.6 is 0 Å². The number of nitro groups is 3. The van der Waals surface area contributed by atoms with Gasteiger partial charge in [-0.3, -0.25) is 30.3 Å². The molecule has 11 heteroatoms. The van der Waals surface area contributed by atoms with Crippen molar-refractivity contribution >= 4 is 28.6 Å². The Hall–Kier alpha value is -3.63. The zero-order valence-corrected chi connectivity index (χ0v) is 11.6. The van der Waals surface area contributed by atoms with Gasteiger partial charge in [0.2, 0.25) is 0 Å². The summed E-state index contributed by atoms with van der Waals surface area (Å²) >= 11 is 0. The molecule has 11 nitrogen and oxygen atoms in total. The Bertz CT molecular complexity index is 786. The minimum atomic E-state index is -0.936. The third-order valence-corrected chi connectivity index (χ3v) is 2.85. The largest absolute Gasteiger partial charge is 0.329 e. The quantitative estimate of drug-likeness (QED) is 0.651. The first-order chi connectivity index (χ1) is 10.8. The Morgan fingerprint density at radius 1 is 0.957 bits per heavy atom. The van der Waals surface area contributed by atoms with E-state index in [4.69, 9.17) is 0 Å². The number of rotatable bonds is 5. The average molecular weight is 319 g/mol. The SMILES string of the molecule is Cc1ccnc(Nc2c([N+](=O)[O-])cc([N+](=O)[O-])cc2[N+](=O)[O-])c1. The van der Waals surface area contributed by atoms with Crippen molar-refractivity contribution in [2.45, 2.75) is 6.92 Å². The van der Waals surface area contributed by atoms with Gasteiger partial charge in [-0.2, -0.15) is 0 Å². The van der Waals surface area contributed by atoms with Gasteiger partial charge < -0.3 is 5.32 Å². The number of aromatic nitrogens is 1. The van der Waals surface area contributed by atoms with Crippen molar-refractivity contribution in [3.05, 3.63) is 66.4 Å². The van der Waals surface area contributed by atoms with Gasteiger partial charge in [-0.15, -0.1) is 0 Å². The fourth-order valence-corrected chi connectivity index (χ4v) is 1.85. The number of nitrogens with one attached hydrogen (secondary N) is 1. The van der Waals surface area contributed by atoms with E-state index in [0.29, 0.717) is 12.1 Å². The topological polar surface area (TPSA) is 154 Å². The van der Waals surface area contributed by atoms with E-state index in [2.05, 4.69) is 10.3 Å². The molecule has 1 N–H and O–H groups in total. The maximum absolute atomic E-state index is 11.1. The molecule has 0 amide bonds. The lowest BCUT2D eigenvalue weighted by Crippen LogP contribution is -2.04. The molecular formula is C12H9N5O6. The second-order valence-corrected chi connectivity index (χ2v) is 4.47. The first kappa shape index (κ1) is 15.8. The normalized spacial score (nSPS) is 10.1. The van der Waals surface area contributed by atoms with Crippen LogP contribution in [0.25, 0.3) is 0 Å². The third-order valence-electron chi connectivity index (χ3n) is 2.85. The molecule has 0 saturated carbocycles. The summed E-state index contributed by atoms with van der Waals surface area (Å²) in [5.41, 5.74) is -2.01. The molecule has 1 aromatic carbocycles. The summed E-state index contributed by atoms with van der Waals surface area (Å²) in [6.45, 7) is 1.74. The standard InChI is InChI=1S/C12H9N5O6/c1-7-2-3-13-11(4-7)14-12-9(16(20)21)5-8(15(18)19)6-10(12)17(22)23/h2-6H,1H3,(H,13,14). The fraction of sp³-hybridized carbons (Fsp3) is 0.0833. The molecule has 1 heterocycles. The van der Waals surface area contributed by atoms with E-state index in [1.807, 2.05) is 0 Å². The predicted octanol–water partition coefficient (Wildman–Crippen LogP) is 2.86. The van der Waals surface area contributed by atoms with Crippen molar-refractivity contribution < 1.29 is 14.8 Å². The summed E-state index contributed by atoms with van der Waals surface area (Å²) in [4.78, 5) is 34.2. The van der Waals surface area contributed by atoms with Crippen LogP contribution in [0.4, 0.5) is 28.6 Å². The van der Waals surface area contributed by atoms with Gasteiger partial charge in [-0.05, 0) is 24.6 Å². The summed E-state index contributed by atoms with van der Waals surface area (Å²) in [7, 11) is 0. The highest BCUT2D eigenvalue weighted by Crippen LogP contribution is 2.39. The lowest BCUT2D eigenvalue weighted by Gasteiger charge is -2.07. The van der Waals surface area contributed by atoms with Crippen molar-refractivity contribution in [1.29, 1.82) is 0 Å². The number of anilines is 2. The molecule has 2 rings (SSSR count). The Balaban J connectivity index is 2.66. The van der Waals surface area contributed by atoms with Crippen LogP contribution in [0.2, 0.25) is 0 Å². The van der Waals surface area contributed by atoms with E-state index >= 15 is 0 Å². The molecule has 0 saturated heterocycles. The van der Waals surface area contributed by atoms with E-state index in [0.717, 1.165) is 5.56 Å². The molecule has 0 fully saturated rings. The predicted molar refractivity (Wildman–Crippen MR) is 78.7 cm³/mol. The summed E-state index contributed by atoms with van der Waals surface area (Å²) in [5, 5.41) is 35.5. The lowest BCUT2D eigenvalue weighted by molar-refractivity contribution is -0.401. The number of pyridine rings is 1. The maximum atomic E-state index is 11.1. The van der Waals surface area contributed by atoms with E-state index in [1.165, 1.54) is 12.3 Å². The van der Waals surface area contributed by atoms with Crippen LogP contribution in [0.5, 0.6) is 0 Å². The van der Waals surface area contributed by atoms with E-state index in [9.17, 15) is 30.3 Å². The van der Waals surface area contributed by atoms with Gasteiger partial charge in [0, 0.05) is 6.20 Å². The molecule has 0 aliphatic carbocycles. The zero-order chi connectivity index (χ0) is 17.1. The Kier molecular flexibility index (Phi) is 4.12. The fourth-order valence-electron chi connectivity index (χ4n) is 1.85. The highest BCUT2D eigenvalue weighted by molar-refractivity contribution is 5.80. The highest BCUT2D eigenvalue weighted by Gasteiger charge is 2.30. The maximum Gasteiger partial charge on any atom is 0.306 e. The van der Waals surface area contributed by atoms with Crippen LogP contribution in [0.15, 0.2) is 30.5 Å². The number of non-ortho nitro benzene ring substituents is 1. The Morgan fingerprint density at radius 3 is 1.96 bits per heavy atom. The molecular weight excluding hydrogens is 310 g/mol. The van der Waals surface area contributed by atoms with Crippen molar-refractivity contribution in [2.75, 3.05) is 5.32 Å². The second kappa shape index (κ2) is 6.01. The molecule has 0 aliphatic rings. The van der Waals surface area contributed by atoms with Crippen molar-refractivity contribution in [3.63, 3.8) is 0 Å². The minimum absolute atomic E-state index is 0.144. The van der Waals surface area contributed by atoms with Gasteiger partial charge in [-0.25, -0.2) is 4.98 Å². The number of benzene rings is 1. The van der Waals surface area contributed by atoms with Gasteiger partial charge in [0.1, 0.15) is 5.82 Å². The molecule has 0 atom stereocenters. The van der Waals surface area contributed by atoms with Gasteiger partial charge in [0.05, 0.1) is 26.9 Å². The molecule has 23 heavy (non-hydrogen) atoms. The summed E-state index contributed by atoms with van der Waals surface area (Å²) in [6, 6.07) is 4.51. The van der Waals surface area contributed by atoms with Gasteiger partial charge in [0.25, 0.3) is 5.69 Å². The van der Waals surface area contributed by atoms with Crippen molar-refractivity contribution in [1.82, 2.24) is 4.98 Å². The lowest BCUT2D eigenvalue weighted by atomic mass is 10.2. The first-order valence-electron chi connectivity index (χ1n) is 6.10. The van der Waals surface area contributed by atoms with Crippen molar-refractivity contribution in [2.24, 2.45) is 0 Å². The van der Waals surface area contributed by atoms with E-state index in [1.54, 1.807) is 13.0 Å². The average Bonchev–Trinajstić information content (AvgIpc) is 2.46. The third kappa shape index (κ3) is 3.34. The molecule has 0 unspecified atom stereocenters. The zero-order valence-electron chi connectivity index (χ0n) is 11.6.